The highest BCUT2D eigenvalue weighted by Gasteiger charge is 2.71. The lowest BCUT2D eigenvalue weighted by atomic mass is 9.46. The first-order valence-corrected chi connectivity index (χ1v) is 16.0. The van der Waals surface area contributed by atoms with Gasteiger partial charge in [-0.3, -0.25) is 0 Å². The van der Waals surface area contributed by atoms with E-state index in [0.29, 0.717) is 17.4 Å². The van der Waals surface area contributed by atoms with E-state index in [0.717, 1.165) is 30.4 Å². The van der Waals surface area contributed by atoms with Crippen molar-refractivity contribution in [3.63, 3.8) is 0 Å². The first-order valence-electron chi connectivity index (χ1n) is 13.1. The molecular formula is C28H46O3Si. The molecule has 0 aromatic carbocycles. The average molecular weight is 459 g/mol. The third-order valence-corrected chi connectivity index (χ3v) is 15.7. The van der Waals surface area contributed by atoms with Crippen LogP contribution in [0.4, 0.5) is 0 Å². The second-order valence-corrected chi connectivity index (χ2v) is 18.7. The Bertz CT molecular complexity index is 842. The molecule has 5 rings (SSSR count). The Labute approximate surface area is 197 Å². The SMILES string of the molecule is C=CC1=C[C@]23CC[C@H]4[C@@H]5CC[C@H](O[Si](C)(C)C(C)(C)C)[C@@]5(C)CC[C@@H]4[C@@]2(C)C[C@](C)(O1)O3. The van der Waals surface area contributed by atoms with E-state index in [1.54, 1.807) is 0 Å². The van der Waals surface area contributed by atoms with Crippen LogP contribution in [-0.4, -0.2) is 25.8 Å². The number of hydrogen-bond acceptors (Lipinski definition) is 3. The van der Waals surface area contributed by atoms with Gasteiger partial charge in [0.15, 0.2) is 8.32 Å². The van der Waals surface area contributed by atoms with Crippen molar-refractivity contribution in [2.24, 2.45) is 28.6 Å². The van der Waals surface area contributed by atoms with Crippen LogP contribution in [0.5, 0.6) is 0 Å². The van der Waals surface area contributed by atoms with E-state index in [1.165, 1.54) is 32.1 Å². The lowest BCUT2D eigenvalue weighted by Gasteiger charge is -2.60. The van der Waals surface area contributed by atoms with Gasteiger partial charge in [0.25, 0.3) is 0 Å². The normalized spacial score (nSPS) is 50.1. The van der Waals surface area contributed by atoms with Gasteiger partial charge in [-0.25, -0.2) is 0 Å². The Morgan fingerprint density at radius 2 is 1.78 bits per heavy atom. The highest BCUT2D eigenvalue weighted by Crippen LogP contribution is 2.71. The second kappa shape index (κ2) is 6.76. The Kier molecular flexibility index (Phi) is 4.89. The van der Waals surface area contributed by atoms with Crippen LogP contribution in [0.25, 0.3) is 0 Å². The monoisotopic (exact) mass is 458 g/mol. The van der Waals surface area contributed by atoms with Crippen LogP contribution in [0.1, 0.15) is 86.5 Å². The summed E-state index contributed by atoms with van der Waals surface area (Å²) in [5, 5.41) is 0.270. The van der Waals surface area contributed by atoms with Crippen molar-refractivity contribution < 1.29 is 13.9 Å². The zero-order valence-electron chi connectivity index (χ0n) is 21.8. The van der Waals surface area contributed by atoms with E-state index in [-0.39, 0.29) is 16.1 Å². The highest BCUT2D eigenvalue weighted by atomic mass is 28.4. The van der Waals surface area contributed by atoms with Crippen molar-refractivity contribution in [2.75, 3.05) is 0 Å². The predicted octanol–water partition coefficient (Wildman–Crippen LogP) is 7.59. The summed E-state index contributed by atoms with van der Waals surface area (Å²) < 4.78 is 20.1. The molecule has 0 N–H and O–H groups in total. The van der Waals surface area contributed by atoms with E-state index < -0.39 is 14.1 Å². The number of ether oxygens (including phenoxy) is 2. The number of rotatable bonds is 3. The zero-order chi connectivity index (χ0) is 23.4. The smallest absolute Gasteiger partial charge is 0.209 e. The zero-order valence-corrected chi connectivity index (χ0v) is 22.8. The molecule has 0 amide bonds. The maximum Gasteiger partial charge on any atom is 0.209 e. The summed E-state index contributed by atoms with van der Waals surface area (Å²) in [6, 6.07) is 0. The van der Waals surface area contributed by atoms with Gasteiger partial charge < -0.3 is 13.9 Å². The maximum absolute atomic E-state index is 7.11. The van der Waals surface area contributed by atoms with Crippen molar-refractivity contribution in [3.05, 3.63) is 24.5 Å². The molecule has 3 aliphatic carbocycles. The molecule has 5 aliphatic rings. The van der Waals surface area contributed by atoms with Gasteiger partial charge in [0.1, 0.15) is 11.4 Å². The molecule has 4 fully saturated rings. The van der Waals surface area contributed by atoms with Crippen molar-refractivity contribution in [1.82, 2.24) is 0 Å². The Hall–Kier alpha value is -0.583. The summed E-state index contributed by atoms with van der Waals surface area (Å²) in [4.78, 5) is 0. The summed E-state index contributed by atoms with van der Waals surface area (Å²) in [7, 11) is -1.77. The van der Waals surface area contributed by atoms with Gasteiger partial charge in [0.05, 0.1) is 6.10 Å². The topological polar surface area (TPSA) is 27.7 Å². The largest absolute Gasteiger partial charge is 0.463 e. The van der Waals surface area contributed by atoms with Crippen molar-refractivity contribution in [3.8, 4) is 0 Å². The summed E-state index contributed by atoms with van der Waals surface area (Å²) in [5.41, 5.74) is 0.276. The van der Waals surface area contributed by atoms with E-state index in [2.05, 4.69) is 67.3 Å². The lowest BCUT2D eigenvalue weighted by molar-refractivity contribution is -0.241. The van der Waals surface area contributed by atoms with Gasteiger partial charge in [-0.05, 0) is 92.0 Å². The van der Waals surface area contributed by atoms with Gasteiger partial charge in [-0.2, -0.15) is 0 Å². The second-order valence-electron chi connectivity index (χ2n) is 14.0. The van der Waals surface area contributed by atoms with E-state index in [9.17, 15) is 0 Å². The molecule has 0 unspecified atom stereocenters. The molecule has 3 nitrogen and oxygen atoms in total. The van der Waals surface area contributed by atoms with Crippen molar-refractivity contribution in [2.45, 2.75) is 122 Å². The Morgan fingerprint density at radius 1 is 1.06 bits per heavy atom. The van der Waals surface area contributed by atoms with Crippen LogP contribution in [0, 0.1) is 28.6 Å². The molecule has 0 radical (unpaired) electrons. The molecule has 2 bridgehead atoms. The number of hydrogen-bond donors (Lipinski definition) is 0. The van der Waals surface area contributed by atoms with Crippen LogP contribution in [0.15, 0.2) is 24.5 Å². The fourth-order valence-electron chi connectivity index (χ4n) is 8.61. The molecule has 8 atom stereocenters. The van der Waals surface area contributed by atoms with Gasteiger partial charge in [0, 0.05) is 18.8 Å². The Morgan fingerprint density at radius 3 is 2.44 bits per heavy atom. The lowest BCUT2D eigenvalue weighted by Crippen LogP contribution is -2.58. The minimum absolute atomic E-state index is 0.134. The summed E-state index contributed by atoms with van der Waals surface area (Å²) in [6.07, 6.45) is 13.1. The summed E-state index contributed by atoms with van der Waals surface area (Å²) in [6.45, 7) is 23.2. The van der Waals surface area contributed by atoms with E-state index >= 15 is 0 Å². The maximum atomic E-state index is 7.11. The van der Waals surface area contributed by atoms with Crippen molar-refractivity contribution >= 4 is 8.32 Å². The molecule has 4 heteroatoms. The fraction of sp³-hybridized carbons (Fsp3) is 0.857. The molecule has 180 valence electrons. The van der Waals surface area contributed by atoms with Crippen LogP contribution in [0.2, 0.25) is 18.1 Å². The first-order chi connectivity index (χ1) is 14.7. The molecular weight excluding hydrogens is 412 g/mol. The molecule has 1 saturated heterocycles. The minimum atomic E-state index is -1.77. The molecule has 0 aromatic rings. The highest BCUT2D eigenvalue weighted by molar-refractivity contribution is 6.74. The molecule has 32 heavy (non-hydrogen) atoms. The van der Waals surface area contributed by atoms with Gasteiger partial charge in [-0.15, -0.1) is 0 Å². The third-order valence-electron chi connectivity index (χ3n) is 11.2. The average Bonchev–Trinajstić information content (AvgIpc) is 3.07. The molecule has 1 spiro atoms. The number of fused-ring (bicyclic) bond motifs is 5. The van der Waals surface area contributed by atoms with Crippen LogP contribution < -0.4 is 0 Å². The van der Waals surface area contributed by atoms with Crippen LogP contribution in [0.3, 0.4) is 0 Å². The van der Waals surface area contributed by atoms with E-state index in [1.807, 2.05) is 6.08 Å². The van der Waals surface area contributed by atoms with E-state index in [4.69, 9.17) is 13.9 Å². The van der Waals surface area contributed by atoms with Crippen molar-refractivity contribution in [1.29, 1.82) is 0 Å². The fourth-order valence-corrected chi connectivity index (χ4v) is 10.1. The summed E-state index contributed by atoms with van der Waals surface area (Å²) in [5.74, 6) is 2.68. The standard InChI is InChI=1S/C28H46O3Si/c1-10-19-17-28-16-13-20-21-11-12-23(30-32(8,9)24(2,3)4)25(21,5)15-14-22(20)26(28,6)18-27(7,29-19)31-28/h10,17,20-23H,1,11-16,18H2,2-9H3/t20-,21-,22-,23-,25-,26+,27+,28+/m0/s1. The minimum Gasteiger partial charge on any atom is -0.463 e. The van der Waals surface area contributed by atoms with Gasteiger partial charge in [0.2, 0.25) is 5.79 Å². The van der Waals surface area contributed by atoms with Gasteiger partial charge in [-0.1, -0.05) is 41.2 Å². The third kappa shape index (κ3) is 2.97. The first kappa shape index (κ1) is 23.2. The molecule has 3 saturated carbocycles. The molecule has 2 aliphatic heterocycles. The Balaban J connectivity index is 1.43. The quantitative estimate of drug-likeness (QED) is 0.408. The van der Waals surface area contributed by atoms with Crippen LogP contribution in [-0.2, 0) is 13.9 Å². The molecule has 0 aromatic heterocycles. The number of allylic oxidation sites excluding steroid dienone is 1. The molecule has 2 heterocycles. The summed E-state index contributed by atoms with van der Waals surface area (Å²) >= 11 is 0. The predicted molar refractivity (Wildman–Crippen MR) is 133 cm³/mol. The van der Waals surface area contributed by atoms with Crippen LogP contribution >= 0.6 is 0 Å². The van der Waals surface area contributed by atoms with Gasteiger partial charge >= 0.3 is 0 Å².